The van der Waals surface area contributed by atoms with E-state index in [2.05, 4.69) is 26.2 Å². The Labute approximate surface area is 124 Å². The summed E-state index contributed by atoms with van der Waals surface area (Å²) in [5, 5.41) is 3.40. The maximum atomic E-state index is 12.2. The third-order valence-corrected chi connectivity index (χ3v) is 4.03. The van der Waals surface area contributed by atoms with Crippen molar-refractivity contribution in [3.63, 3.8) is 0 Å². The molecule has 0 saturated carbocycles. The van der Waals surface area contributed by atoms with Crippen LogP contribution in [-0.4, -0.2) is 18.0 Å². The molecular weight excluding hydrogens is 328 g/mol. The number of thiazole rings is 1. The van der Waals surface area contributed by atoms with Crippen molar-refractivity contribution in [2.24, 2.45) is 0 Å². The Morgan fingerprint density at radius 3 is 2.74 bits per heavy atom. The van der Waals surface area contributed by atoms with Crippen molar-refractivity contribution >= 4 is 38.3 Å². The highest BCUT2D eigenvalue weighted by atomic mass is 79.9. The molecule has 0 atom stereocenters. The van der Waals surface area contributed by atoms with E-state index in [9.17, 15) is 4.79 Å². The Morgan fingerprint density at radius 1 is 1.42 bits per heavy atom. The van der Waals surface area contributed by atoms with Crippen LogP contribution in [0.5, 0.6) is 5.75 Å². The quantitative estimate of drug-likeness (QED) is 0.924. The normalized spacial score (nSPS) is 10.3. The molecule has 1 heterocycles. The number of benzene rings is 1. The summed E-state index contributed by atoms with van der Waals surface area (Å²) in [7, 11) is 1.59. The van der Waals surface area contributed by atoms with E-state index in [1.807, 2.05) is 19.9 Å². The number of aryl methyl sites for hydroxylation is 2. The lowest BCUT2D eigenvalue weighted by Crippen LogP contribution is -2.13. The van der Waals surface area contributed by atoms with E-state index in [1.165, 1.54) is 11.3 Å². The van der Waals surface area contributed by atoms with E-state index in [4.69, 9.17) is 4.74 Å². The van der Waals surface area contributed by atoms with E-state index in [0.717, 1.165) is 14.9 Å². The Bertz CT molecular complexity index is 625. The lowest BCUT2D eigenvalue weighted by atomic mass is 10.1. The van der Waals surface area contributed by atoms with Gasteiger partial charge in [0.25, 0.3) is 5.91 Å². The van der Waals surface area contributed by atoms with Gasteiger partial charge in [-0.05, 0) is 47.5 Å². The summed E-state index contributed by atoms with van der Waals surface area (Å²) in [5.41, 5.74) is 1.45. The largest absolute Gasteiger partial charge is 0.496 e. The second-order valence-corrected chi connectivity index (χ2v) is 6.12. The molecule has 0 aliphatic carbocycles. The van der Waals surface area contributed by atoms with Crippen molar-refractivity contribution < 1.29 is 9.53 Å². The zero-order valence-electron chi connectivity index (χ0n) is 10.8. The molecule has 0 aliphatic heterocycles. The van der Waals surface area contributed by atoms with Gasteiger partial charge in [-0.2, -0.15) is 0 Å². The molecule has 0 aliphatic rings. The molecule has 0 saturated heterocycles. The Morgan fingerprint density at radius 2 is 2.16 bits per heavy atom. The number of carbonyl (C=O) groups excluding carboxylic acids is 1. The van der Waals surface area contributed by atoms with Crippen LogP contribution in [0.3, 0.4) is 0 Å². The zero-order valence-corrected chi connectivity index (χ0v) is 13.2. The predicted octanol–water partition coefficient (Wildman–Crippen LogP) is 3.78. The SMILES string of the molecule is COc1cc(C)c(C(=O)Nc2ncc(C)s2)cc1Br. The average molecular weight is 341 g/mol. The molecule has 4 nitrogen and oxygen atoms in total. The third kappa shape index (κ3) is 3.13. The highest BCUT2D eigenvalue weighted by Crippen LogP contribution is 2.29. The fourth-order valence-electron chi connectivity index (χ4n) is 1.63. The van der Waals surface area contributed by atoms with Gasteiger partial charge in [-0.15, -0.1) is 11.3 Å². The van der Waals surface area contributed by atoms with Crippen LogP contribution < -0.4 is 10.1 Å². The number of amides is 1. The highest BCUT2D eigenvalue weighted by Gasteiger charge is 2.14. The first kappa shape index (κ1) is 14.0. The molecule has 0 fully saturated rings. The van der Waals surface area contributed by atoms with Gasteiger partial charge >= 0.3 is 0 Å². The fourth-order valence-corrected chi connectivity index (χ4v) is 2.80. The number of nitrogens with one attached hydrogen (secondary N) is 1. The monoisotopic (exact) mass is 340 g/mol. The second-order valence-electron chi connectivity index (χ2n) is 4.03. The number of halogens is 1. The molecule has 100 valence electrons. The molecule has 0 unspecified atom stereocenters. The number of rotatable bonds is 3. The van der Waals surface area contributed by atoms with Crippen molar-refractivity contribution in [3.8, 4) is 5.75 Å². The summed E-state index contributed by atoms with van der Waals surface area (Å²) in [6.07, 6.45) is 1.73. The first-order chi connectivity index (χ1) is 9.01. The van der Waals surface area contributed by atoms with Gasteiger partial charge in [0, 0.05) is 16.6 Å². The van der Waals surface area contributed by atoms with Crippen LogP contribution in [0.4, 0.5) is 5.13 Å². The summed E-state index contributed by atoms with van der Waals surface area (Å²) in [4.78, 5) is 17.4. The average Bonchev–Trinajstić information content (AvgIpc) is 2.77. The van der Waals surface area contributed by atoms with E-state index < -0.39 is 0 Å². The van der Waals surface area contributed by atoms with Gasteiger partial charge in [0.2, 0.25) is 0 Å². The van der Waals surface area contributed by atoms with Gasteiger partial charge in [-0.1, -0.05) is 0 Å². The van der Waals surface area contributed by atoms with Crippen LogP contribution >= 0.6 is 27.3 Å². The summed E-state index contributed by atoms with van der Waals surface area (Å²) in [5.74, 6) is 0.536. The molecule has 1 amide bonds. The summed E-state index contributed by atoms with van der Waals surface area (Å²) < 4.78 is 5.94. The number of nitrogens with zero attached hydrogens (tertiary/aromatic N) is 1. The number of carbonyl (C=O) groups is 1. The minimum atomic E-state index is -0.171. The van der Waals surface area contributed by atoms with Gasteiger partial charge in [-0.25, -0.2) is 4.98 Å². The number of hydrogen-bond donors (Lipinski definition) is 1. The smallest absolute Gasteiger partial charge is 0.257 e. The van der Waals surface area contributed by atoms with Crippen molar-refractivity contribution in [1.29, 1.82) is 0 Å². The number of anilines is 1. The molecule has 2 rings (SSSR count). The third-order valence-electron chi connectivity index (χ3n) is 2.59. The molecule has 1 aromatic heterocycles. The maximum absolute atomic E-state index is 12.2. The minimum absolute atomic E-state index is 0.171. The van der Waals surface area contributed by atoms with Crippen LogP contribution in [0.25, 0.3) is 0 Å². The summed E-state index contributed by atoms with van der Waals surface area (Å²) in [6.45, 7) is 3.82. The molecule has 2 aromatic rings. The van der Waals surface area contributed by atoms with Crippen LogP contribution in [0.2, 0.25) is 0 Å². The molecule has 0 radical (unpaired) electrons. The highest BCUT2D eigenvalue weighted by molar-refractivity contribution is 9.10. The molecule has 6 heteroatoms. The van der Waals surface area contributed by atoms with E-state index >= 15 is 0 Å². The summed E-state index contributed by atoms with van der Waals surface area (Å²) >= 11 is 4.83. The van der Waals surface area contributed by atoms with Crippen molar-refractivity contribution in [3.05, 3.63) is 38.8 Å². The van der Waals surface area contributed by atoms with E-state index in [0.29, 0.717) is 16.4 Å². The standard InChI is InChI=1S/C13H13BrN2O2S/c1-7-4-11(18-3)10(14)5-9(7)12(17)16-13-15-6-8(2)19-13/h4-6H,1-3H3,(H,15,16,17). The van der Waals surface area contributed by atoms with Gasteiger partial charge in [0.1, 0.15) is 5.75 Å². The predicted molar refractivity (Wildman–Crippen MR) is 80.2 cm³/mol. The minimum Gasteiger partial charge on any atom is -0.496 e. The van der Waals surface area contributed by atoms with Gasteiger partial charge in [0.15, 0.2) is 5.13 Å². The molecule has 0 spiro atoms. The van der Waals surface area contributed by atoms with Crippen molar-refractivity contribution in [2.45, 2.75) is 13.8 Å². The van der Waals surface area contributed by atoms with Gasteiger partial charge in [-0.3, -0.25) is 10.1 Å². The molecule has 1 N–H and O–H groups in total. The van der Waals surface area contributed by atoms with Crippen LogP contribution in [0.15, 0.2) is 22.8 Å². The van der Waals surface area contributed by atoms with Gasteiger partial charge < -0.3 is 4.74 Å². The molecule has 0 bridgehead atoms. The number of ether oxygens (including phenoxy) is 1. The van der Waals surface area contributed by atoms with E-state index in [1.54, 1.807) is 19.4 Å². The Balaban J connectivity index is 2.26. The summed E-state index contributed by atoms with van der Waals surface area (Å²) in [6, 6.07) is 3.58. The molecule has 1 aromatic carbocycles. The maximum Gasteiger partial charge on any atom is 0.257 e. The first-order valence-electron chi connectivity index (χ1n) is 5.59. The number of aromatic nitrogens is 1. The van der Waals surface area contributed by atoms with Crippen LogP contribution in [0.1, 0.15) is 20.8 Å². The lowest BCUT2D eigenvalue weighted by molar-refractivity contribution is 0.102. The topological polar surface area (TPSA) is 51.2 Å². The van der Waals surface area contributed by atoms with Gasteiger partial charge in [0.05, 0.1) is 11.6 Å². The Hall–Kier alpha value is -1.40. The fraction of sp³-hybridized carbons (Fsp3) is 0.231. The van der Waals surface area contributed by atoms with Crippen LogP contribution in [-0.2, 0) is 0 Å². The first-order valence-corrected chi connectivity index (χ1v) is 7.20. The van der Waals surface area contributed by atoms with Crippen molar-refractivity contribution in [2.75, 3.05) is 12.4 Å². The zero-order chi connectivity index (χ0) is 14.0. The second kappa shape index (κ2) is 5.71. The van der Waals surface area contributed by atoms with Crippen LogP contribution in [0, 0.1) is 13.8 Å². The number of methoxy groups -OCH3 is 1. The lowest BCUT2D eigenvalue weighted by Gasteiger charge is -2.09. The number of hydrogen-bond acceptors (Lipinski definition) is 4. The van der Waals surface area contributed by atoms with Crippen molar-refractivity contribution in [1.82, 2.24) is 4.98 Å². The molecular formula is C13H13BrN2O2S. The molecule has 19 heavy (non-hydrogen) atoms. The Kier molecular flexibility index (Phi) is 4.21. The van der Waals surface area contributed by atoms with E-state index in [-0.39, 0.29) is 5.91 Å².